The molecule has 1 atom stereocenters. The molecular formula is C14H21N5. The minimum absolute atomic E-state index is 0.106. The maximum absolute atomic E-state index is 6.19. The Morgan fingerprint density at radius 3 is 2.68 bits per heavy atom. The third-order valence-corrected chi connectivity index (χ3v) is 3.13. The molecule has 19 heavy (non-hydrogen) atoms. The highest BCUT2D eigenvalue weighted by Crippen LogP contribution is 2.10. The standard InChI is InChI=1S/C14H21N5/c1-11(2)19-14(17-10-18-19)9-13(15)4-3-12-5-7-16-8-6-12/h5-8,10-11,13H,3-4,9,15H2,1-2H3. The van der Waals surface area contributed by atoms with Gasteiger partial charge in [0.1, 0.15) is 12.2 Å². The summed E-state index contributed by atoms with van der Waals surface area (Å²) in [5.74, 6) is 0.970. The molecule has 0 aromatic carbocycles. The van der Waals surface area contributed by atoms with Crippen molar-refractivity contribution in [3.63, 3.8) is 0 Å². The highest BCUT2D eigenvalue weighted by atomic mass is 15.3. The van der Waals surface area contributed by atoms with Gasteiger partial charge in [0.25, 0.3) is 0 Å². The Bertz CT molecular complexity index is 492. The fraction of sp³-hybridized carbons (Fsp3) is 0.500. The van der Waals surface area contributed by atoms with E-state index in [1.54, 1.807) is 6.33 Å². The molecule has 102 valence electrons. The van der Waals surface area contributed by atoms with Crippen molar-refractivity contribution in [1.29, 1.82) is 0 Å². The maximum atomic E-state index is 6.19. The number of nitrogens with zero attached hydrogens (tertiary/aromatic N) is 4. The van der Waals surface area contributed by atoms with E-state index in [9.17, 15) is 0 Å². The zero-order valence-electron chi connectivity index (χ0n) is 11.5. The summed E-state index contributed by atoms with van der Waals surface area (Å²) in [5, 5.41) is 4.23. The molecule has 2 aromatic rings. The van der Waals surface area contributed by atoms with Crippen LogP contribution in [0.15, 0.2) is 30.9 Å². The zero-order chi connectivity index (χ0) is 13.7. The van der Waals surface area contributed by atoms with Gasteiger partial charge in [-0.1, -0.05) is 0 Å². The normalized spacial score (nSPS) is 12.8. The van der Waals surface area contributed by atoms with E-state index < -0.39 is 0 Å². The van der Waals surface area contributed by atoms with Crippen molar-refractivity contribution < 1.29 is 0 Å². The van der Waals surface area contributed by atoms with Gasteiger partial charge in [0.15, 0.2) is 0 Å². The van der Waals surface area contributed by atoms with Gasteiger partial charge < -0.3 is 5.73 Å². The zero-order valence-corrected chi connectivity index (χ0v) is 11.5. The van der Waals surface area contributed by atoms with Crippen LogP contribution in [0.5, 0.6) is 0 Å². The molecule has 0 bridgehead atoms. The van der Waals surface area contributed by atoms with Crippen LogP contribution >= 0.6 is 0 Å². The molecule has 0 aliphatic rings. The highest BCUT2D eigenvalue weighted by Gasteiger charge is 2.12. The molecular weight excluding hydrogens is 238 g/mol. The van der Waals surface area contributed by atoms with E-state index in [1.807, 2.05) is 29.2 Å². The number of rotatable bonds is 6. The lowest BCUT2D eigenvalue weighted by atomic mass is 10.0. The van der Waals surface area contributed by atoms with Crippen LogP contribution in [0, 0.1) is 0 Å². The SMILES string of the molecule is CC(C)n1ncnc1CC(N)CCc1ccncc1. The summed E-state index contributed by atoms with van der Waals surface area (Å²) < 4.78 is 1.94. The van der Waals surface area contributed by atoms with Crippen molar-refractivity contribution in [2.75, 3.05) is 0 Å². The lowest BCUT2D eigenvalue weighted by molar-refractivity contribution is 0.484. The molecule has 0 spiro atoms. The van der Waals surface area contributed by atoms with E-state index in [4.69, 9.17) is 5.73 Å². The van der Waals surface area contributed by atoms with Gasteiger partial charge in [0.2, 0.25) is 0 Å². The Labute approximate surface area is 113 Å². The first kappa shape index (κ1) is 13.7. The third-order valence-electron chi connectivity index (χ3n) is 3.13. The monoisotopic (exact) mass is 259 g/mol. The first-order valence-corrected chi connectivity index (χ1v) is 6.69. The summed E-state index contributed by atoms with van der Waals surface area (Å²) >= 11 is 0. The van der Waals surface area contributed by atoms with Gasteiger partial charge in [0, 0.05) is 30.9 Å². The predicted molar refractivity (Wildman–Crippen MR) is 74.6 cm³/mol. The van der Waals surface area contributed by atoms with Gasteiger partial charge in [-0.25, -0.2) is 9.67 Å². The molecule has 0 aliphatic carbocycles. The van der Waals surface area contributed by atoms with E-state index in [0.717, 1.165) is 25.1 Å². The van der Waals surface area contributed by atoms with Crippen LogP contribution < -0.4 is 5.73 Å². The van der Waals surface area contributed by atoms with E-state index >= 15 is 0 Å². The molecule has 0 saturated heterocycles. The number of aryl methyl sites for hydroxylation is 1. The highest BCUT2D eigenvalue weighted by molar-refractivity contribution is 5.10. The number of nitrogens with two attached hydrogens (primary N) is 1. The summed E-state index contributed by atoms with van der Waals surface area (Å²) in [5.41, 5.74) is 7.46. The van der Waals surface area contributed by atoms with Crippen molar-refractivity contribution in [3.05, 3.63) is 42.2 Å². The molecule has 5 nitrogen and oxygen atoms in total. The van der Waals surface area contributed by atoms with Gasteiger partial charge in [-0.3, -0.25) is 4.98 Å². The maximum Gasteiger partial charge on any atom is 0.138 e. The van der Waals surface area contributed by atoms with E-state index in [-0.39, 0.29) is 6.04 Å². The second-order valence-electron chi connectivity index (χ2n) is 5.07. The van der Waals surface area contributed by atoms with E-state index in [1.165, 1.54) is 5.56 Å². The van der Waals surface area contributed by atoms with Crippen LogP contribution in [0.2, 0.25) is 0 Å². The van der Waals surface area contributed by atoms with Crippen molar-refractivity contribution >= 4 is 0 Å². The van der Waals surface area contributed by atoms with Crippen molar-refractivity contribution in [2.24, 2.45) is 5.73 Å². The smallest absolute Gasteiger partial charge is 0.138 e. The first-order valence-electron chi connectivity index (χ1n) is 6.69. The lowest BCUT2D eigenvalue weighted by Crippen LogP contribution is -2.26. The minimum atomic E-state index is 0.106. The molecule has 0 saturated carbocycles. The fourth-order valence-electron chi connectivity index (χ4n) is 2.09. The number of hydrogen-bond acceptors (Lipinski definition) is 4. The largest absolute Gasteiger partial charge is 0.327 e. The van der Waals surface area contributed by atoms with Crippen molar-refractivity contribution in [1.82, 2.24) is 19.7 Å². The Morgan fingerprint density at radius 1 is 1.26 bits per heavy atom. The Balaban J connectivity index is 1.87. The number of aromatic nitrogens is 4. The second kappa shape index (κ2) is 6.43. The van der Waals surface area contributed by atoms with E-state index in [0.29, 0.717) is 6.04 Å². The summed E-state index contributed by atoms with van der Waals surface area (Å²) in [6, 6.07) is 4.49. The van der Waals surface area contributed by atoms with Gasteiger partial charge in [-0.05, 0) is 44.4 Å². The van der Waals surface area contributed by atoms with Crippen LogP contribution in [0.1, 0.15) is 37.7 Å². The lowest BCUT2D eigenvalue weighted by Gasteiger charge is -2.13. The summed E-state index contributed by atoms with van der Waals surface area (Å²) in [6.07, 6.45) is 7.91. The van der Waals surface area contributed by atoms with Gasteiger partial charge in [-0.2, -0.15) is 5.10 Å². The van der Waals surface area contributed by atoms with Gasteiger partial charge >= 0.3 is 0 Å². The molecule has 2 heterocycles. The minimum Gasteiger partial charge on any atom is -0.327 e. The molecule has 0 aliphatic heterocycles. The molecule has 2 aromatic heterocycles. The molecule has 0 fully saturated rings. The predicted octanol–water partition coefficient (Wildman–Crippen LogP) is 1.76. The molecule has 0 amide bonds. The van der Waals surface area contributed by atoms with E-state index in [2.05, 4.69) is 28.9 Å². The fourth-order valence-corrected chi connectivity index (χ4v) is 2.09. The van der Waals surface area contributed by atoms with Crippen LogP contribution in [0.3, 0.4) is 0 Å². The van der Waals surface area contributed by atoms with Crippen molar-refractivity contribution in [2.45, 2.75) is 45.2 Å². The quantitative estimate of drug-likeness (QED) is 0.858. The topological polar surface area (TPSA) is 69.6 Å². The Kier molecular flexibility index (Phi) is 4.63. The van der Waals surface area contributed by atoms with Crippen molar-refractivity contribution in [3.8, 4) is 0 Å². The van der Waals surface area contributed by atoms with Gasteiger partial charge in [-0.15, -0.1) is 0 Å². The Morgan fingerprint density at radius 2 is 2.00 bits per heavy atom. The van der Waals surface area contributed by atoms with Crippen LogP contribution in [0.25, 0.3) is 0 Å². The van der Waals surface area contributed by atoms with Crippen LogP contribution in [-0.4, -0.2) is 25.8 Å². The summed E-state index contributed by atoms with van der Waals surface area (Å²) in [4.78, 5) is 8.31. The third kappa shape index (κ3) is 3.86. The van der Waals surface area contributed by atoms with Crippen LogP contribution in [-0.2, 0) is 12.8 Å². The molecule has 5 heteroatoms. The summed E-state index contributed by atoms with van der Waals surface area (Å²) in [7, 11) is 0. The average molecular weight is 259 g/mol. The molecule has 2 rings (SSSR count). The summed E-state index contributed by atoms with van der Waals surface area (Å²) in [6.45, 7) is 4.20. The van der Waals surface area contributed by atoms with Gasteiger partial charge in [0.05, 0.1) is 0 Å². The molecule has 0 radical (unpaired) electrons. The first-order chi connectivity index (χ1) is 9.16. The number of pyridine rings is 1. The average Bonchev–Trinajstić information content (AvgIpc) is 2.86. The molecule has 1 unspecified atom stereocenters. The van der Waals surface area contributed by atoms with Crippen LogP contribution in [0.4, 0.5) is 0 Å². The number of hydrogen-bond donors (Lipinski definition) is 1. The Hall–Kier alpha value is -1.75. The second-order valence-corrected chi connectivity index (χ2v) is 5.07. The molecule has 2 N–H and O–H groups in total.